The van der Waals surface area contributed by atoms with Gasteiger partial charge in [-0.2, -0.15) is 13.2 Å². The highest BCUT2D eigenvalue weighted by molar-refractivity contribution is 5.86. The molecule has 2 aliphatic rings. The summed E-state index contributed by atoms with van der Waals surface area (Å²) in [6.45, 7) is 5.40. The topological polar surface area (TPSA) is 84.3 Å². The van der Waals surface area contributed by atoms with Crippen LogP contribution in [0.3, 0.4) is 0 Å². The Morgan fingerprint density at radius 1 is 1.10 bits per heavy atom. The molecular weight excluding hydrogens is 523 g/mol. The van der Waals surface area contributed by atoms with Gasteiger partial charge >= 0.3 is 12.2 Å². The second-order valence-electron chi connectivity index (χ2n) is 11.2. The van der Waals surface area contributed by atoms with Gasteiger partial charge in [-0.1, -0.05) is 35.9 Å². The van der Waals surface area contributed by atoms with E-state index in [0.717, 1.165) is 23.3 Å². The standard InChI is InChI=1S/C30H38F3N3O4/c1-19-15-22(17-23(16-19)30(31,32)33)21(3)34(4)28(40)36-12-11-35-25(26(36)24-8-6-5-7-20(24)2)18-29(9-13-37,10-14-38)27(35)39/h5-8,15-17,21,25-26,37-38H,9-14,18H2,1-4H3. The predicted octanol–water partition coefficient (Wildman–Crippen LogP) is 4.84. The SMILES string of the molecule is Cc1cc(C(C)N(C)C(=O)N2CCN3C(=O)C(CCO)(CCO)CC3C2c2ccccc2C)cc(C(F)(F)F)c1. The highest BCUT2D eigenvalue weighted by Gasteiger charge is 2.56. The molecule has 2 N–H and O–H groups in total. The molecule has 3 unspecified atom stereocenters. The second-order valence-corrected chi connectivity index (χ2v) is 11.2. The first-order valence-electron chi connectivity index (χ1n) is 13.6. The number of alkyl halides is 3. The summed E-state index contributed by atoms with van der Waals surface area (Å²) in [7, 11) is 1.59. The molecule has 0 spiro atoms. The number of fused-ring (bicyclic) bond motifs is 1. The van der Waals surface area contributed by atoms with Crippen molar-refractivity contribution in [2.45, 2.75) is 64.3 Å². The Labute approximate surface area is 233 Å². The Hall–Kier alpha value is -3.11. The zero-order chi connectivity index (χ0) is 29.4. The summed E-state index contributed by atoms with van der Waals surface area (Å²) in [5.74, 6) is -0.118. The smallest absolute Gasteiger partial charge is 0.396 e. The highest BCUT2D eigenvalue weighted by atomic mass is 19.4. The minimum absolute atomic E-state index is 0.118. The van der Waals surface area contributed by atoms with Crippen LogP contribution in [0.2, 0.25) is 0 Å². The van der Waals surface area contributed by atoms with Crippen LogP contribution in [0.1, 0.15) is 66.1 Å². The van der Waals surface area contributed by atoms with Crippen LogP contribution in [-0.4, -0.2) is 76.2 Å². The van der Waals surface area contributed by atoms with Gasteiger partial charge in [-0.15, -0.1) is 0 Å². The maximum atomic E-state index is 14.1. The van der Waals surface area contributed by atoms with Gasteiger partial charge in [0.2, 0.25) is 5.91 Å². The molecule has 0 saturated carbocycles. The van der Waals surface area contributed by atoms with E-state index in [-0.39, 0.29) is 50.6 Å². The fraction of sp³-hybridized carbons (Fsp3) is 0.533. The van der Waals surface area contributed by atoms with Crippen molar-refractivity contribution in [1.82, 2.24) is 14.7 Å². The first-order valence-corrected chi connectivity index (χ1v) is 13.6. The van der Waals surface area contributed by atoms with Crippen LogP contribution in [0.15, 0.2) is 42.5 Å². The van der Waals surface area contributed by atoms with Crippen molar-refractivity contribution in [3.63, 3.8) is 0 Å². The molecule has 218 valence electrons. The number of amides is 3. The maximum absolute atomic E-state index is 14.1. The lowest BCUT2D eigenvalue weighted by Gasteiger charge is -2.47. The number of carbonyl (C=O) groups is 2. The Balaban J connectivity index is 1.71. The van der Waals surface area contributed by atoms with Crippen LogP contribution in [0.25, 0.3) is 0 Å². The number of aliphatic hydroxyl groups is 2. The van der Waals surface area contributed by atoms with E-state index in [2.05, 4.69) is 0 Å². The van der Waals surface area contributed by atoms with Crippen LogP contribution in [-0.2, 0) is 11.0 Å². The summed E-state index contributed by atoms with van der Waals surface area (Å²) in [5.41, 5.74) is 1.01. The molecule has 2 fully saturated rings. The van der Waals surface area contributed by atoms with Gasteiger partial charge in [0.1, 0.15) is 0 Å². The largest absolute Gasteiger partial charge is 0.416 e. The van der Waals surface area contributed by atoms with E-state index in [0.29, 0.717) is 24.1 Å². The first kappa shape index (κ1) is 29.9. The lowest BCUT2D eigenvalue weighted by Crippen LogP contribution is -2.57. The van der Waals surface area contributed by atoms with Crippen LogP contribution in [0, 0.1) is 19.3 Å². The normalized spacial score (nSPS) is 21.4. The summed E-state index contributed by atoms with van der Waals surface area (Å²) in [6, 6.07) is 9.65. The van der Waals surface area contributed by atoms with Crippen LogP contribution >= 0.6 is 0 Å². The number of hydrogen-bond donors (Lipinski definition) is 2. The lowest BCUT2D eigenvalue weighted by molar-refractivity contribution is -0.140. The quantitative estimate of drug-likeness (QED) is 0.507. The van der Waals surface area contributed by atoms with E-state index in [9.17, 15) is 33.0 Å². The van der Waals surface area contributed by atoms with Gasteiger partial charge in [-0.25, -0.2) is 4.79 Å². The molecule has 2 aromatic rings. The van der Waals surface area contributed by atoms with Crippen LogP contribution in [0.5, 0.6) is 0 Å². The Morgan fingerprint density at radius 2 is 1.75 bits per heavy atom. The molecule has 0 aromatic heterocycles. The van der Waals surface area contributed by atoms with Crippen molar-refractivity contribution in [3.8, 4) is 0 Å². The molecule has 3 amide bonds. The summed E-state index contributed by atoms with van der Waals surface area (Å²) < 4.78 is 40.5. The van der Waals surface area contributed by atoms with Gasteiger partial charge in [0, 0.05) is 33.4 Å². The van der Waals surface area contributed by atoms with Gasteiger partial charge in [0.25, 0.3) is 0 Å². The first-order chi connectivity index (χ1) is 18.8. The Kier molecular flexibility index (Phi) is 8.52. The van der Waals surface area contributed by atoms with E-state index in [1.54, 1.807) is 36.8 Å². The molecule has 2 saturated heterocycles. The highest BCUT2D eigenvalue weighted by Crippen LogP contribution is 2.49. The van der Waals surface area contributed by atoms with Crippen LogP contribution in [0.4, 0.5) is 18.0 Å². The van der Waals surface area contributed by atoms with E-state index in [4.69, 9.17) is 0 Å². The number of urea groups is 1. The summed E-state index contributed by atoms with van der Waals surface area (Å²) >= 11 is 0. The average molecular weight is 562 g/mol. The molecule has 2 aliphatic heterocycles. The molecule has 7 nitrogen and oxygen atoms in total. The minimum atomic E-state index is -4.50. The monoisotopic (exact) mass is 561 g/mol. The zero-order valence-electron chi connectivity index (χ0n) is 23.4. The average Bonchev–Trinajstić information content (AvgIpc) is 3.18. The van der Waals surface area contributed by atoms with E-state index in [1.165, 1.54) is 4.90 Å². The van der Waals surface area contributed by atoms with Gasteiger partial charge < -0.3 is 24.9 Å². The molecule has 0 aliphatic carbocycles. The third-order valence-electron chi connectivity index (χ3n) is 8.72. The number of hydrogen-bond acceptors (Lipinski definition) is 4. The van der Waals surface area contributed by atoms with Crippen molar-refractivity contribution in [1.29, 1.82) is 0 Å². The molecule has 4 rings (SSSR count). The fourth-order valence-electron chi connectivity index (χ4n) is 6.45. The van der Waals surface area contributed by atoms with E-state index in [1.807, 2.05) is 31.2 Å². The second kappa shape index (κ2) is 11.4. The maximum Gasteiger partial charge on any atom is 0.416 e. The summed E-state index contributed by atoms with van der Waals surface area (Å²) in [6.07, 6.45) is -3.68. The number of aryl methyl sites for hydroxylation is 2. The third-order valence-corrected chi connectivity index (χ3v) is 8.72. The number of aliphatic hydroxyl groups excluding tert-OH is 2. The van der Waals surface area contributed by atoms with Crippen molar-refractivity contribution in [2.75, 3.05) is 33.4 Å². The van der Waals surface area contributed by atoms with E-state index < -0.39 is 29.2 Å². The van der Waals surface area contributed by atoms with Crippen molar-refractivity contribution < 1.29 is 33.0 Å². The van der Waals surface area contributed by atoms with Gasteiger partial charge in [-0.3, -0.25) is 4.79 Å². The van der Waals surface area contributed by atoms with Crippen LogP contribution < -0.4 is 0 Å². The predicted molar refractivity (Wildman–Crippen MR) is 144 cm³/mol. The zero-order valence-corrected chi connectivity index (χ0v) is 23.4. The number of rotatable bonds is 7. The summed E-state index contributed by atoms with van der Waals surface area (Å²) in [5, 5.41) is 19.5. The lowest BCUT2D eigenvalue weighted by atomic mass is 9.77. The third kappa shape index (κ3) is 5.43. The number of nitrogens with zero attached hydrogens (tertiary/aromatic N) is 3. The minimum Gasteiger partial charge on any atom is -0.396 e. The molecule has 40 heavy (non-hydrogen) atoms. The molecule has 2 heterocycles. The number of piperazine rings is 1. The van der Waals surface area contributed by atoms with Crippen molar-refractivity contribution in [3.05, 3.63) is 70.3 Å². The number of benzene rings is 2. The molecule has 2 aromatic carbocycles. The van der Waals surface area contributed by atoms with Gasteiger partial charge in [0.05, 0.1) is 29.1 Å². The van der Waals surface area contributed by atoms with Crippen molar-refractivity contribution in [2.24, 2.45) is 5.41 Å². The Bertz CT molecular complexity index is 1240. The van der Waals surface area contributed by atoms with Gasteiger partial charge in [-0.05, 0) is 68.9 Å². The summed E-state index contributed by atoms with van der Waals surface area (Å²) in [4.78, 5) is 32.7. The molecule has 0 bridgehead atoms. The molecule has 10 heteroatoms. The molecular formula is C30H38F3N3O4. The number of halogens is 3. The molecule has 0 radical (unpaired) electrons. The van der Waals surface area contributed by atoms with Gasteiger partial charge in [0.15, 0.2) is 0 Å². The molecule has 3 atom stereocenters. The number of carbonyl (C=O) groups excluding carboxylic acids is 2. The Morgan fingerprint density at radius 3 is 2.35 bits per heavy atom. The fourth-order valence-corrected chi connectivity index (χ4v) is 6.45. The van der Waals surface area contributed by atoms with E-state index >= 15 is 0 Å². The van der Waals surface area contributed by atoms with Crippen molar-refractivity contribution >= 4 is 11.9 Å².